The molecule has 0 bridgehead atoms. The van der Waals surface area contributed by atoms with Crippen molar-refractivity contribution < 1.29 is 0 Å². The Morgan fingerprint density at radius 2 is 2.31 bits per heavy atom. The summed E-state index contributed by atoms with van der Waals surface area (Å²) in [5, 5.41) is 0. The van der Waals surface area contributed by atoms with E-state index in [1.54, 1.807) is 0 Å². The van der Waals surface area contributed by atoms with Gasteiger partial charge >= 0.3 is 0 Å². The zero-order valence-electron chi connectivity index (χ0n) is 9.43. The SMILES string of the molecule is CN(c1nc2ccccn2c1CN)C1CC1. The molecular weight excluding hydrogens is 200 g/mol. The number of hydrogen-bond acceptors (Lipinski definition) is 3. The lowest BCUT2D eigenvalue weighted by Crippen LogP contribution is -2.22. The summed E-state index contributed by atoms with van der Waals surface area (Å²) in [7, 11) is 2.11. The molecule has 4 heteroatoms. The third-order valence-corrected chi connectivity index (χ3v) is 3.23. The van der Waals surface area contributed by atoms with E-state index in [-0.39, 0.29) is 0 Å². The molecule has 84 valence electrons. The van der Waals surface area contributed by atoms with Crippen molar-refractivity contribution in [1.82, 2.24) is 9.38 Å². The third-order valence-electron chi connectivity index (χ3n) is 3.23. The number of rotatable bonds is 3. The van der Waals surface area contributed by atoms with Gasteiger partial charge in [0.2, 0.25) is 0 Å². The summed E-state index contributed by atoms with van der Waals surface area (Å²) in [5.74, 6) is 1.04. The number of nitrogens with two attached hydrogens (primary N) is 1. The largest absolute Gasteiger partial charge is 0.355 e. The molecule has 3 rings (SSSR count). The Balaban J connectivity index is 2.15. The van der Waals surface area contributed by atoms with Crippen LogP contribution in [-0.2, 0) is 6.54 Å². The molecule has 1 saturated carbocycles. The Hall–Kier alpha value is -1.55. The number of nitrogens with zero attached hydrogens (tertiary/aromatic N) is 3. The molecule has 2 aromatic rings. The summed E-state index contributed by atoms with van der Waals surface area (Å²) in [5.41, 5.74) is 7.91. The molecule has 0 aromatic carbocycles. The predicted octanol–water partition coefficient (Wildman–Crippen LogP) is 1.39. The minimum atomic E-state index is 0.525. The number of fused-ring (bicyclic) bond motifs is 1. The van der Waals surface area contributed by atoms with E-state index in [1.165, 1.54) is 12.8 Å². The quantitative estimate of drug-likeness (QED) is 0.843. The fraction of sp³-hybridized carbons (Fsp3) is 0.417. The van der Waals surface area contributed by atoms with E-state index in [2.05, 4.69) is 21.3 Å². The van der Waals surface area contributed by atoms with Crippen LogP contribution in [0.2, 0.25) is 0 Å². The normalized spacial score (nSPS) is 15.6. The minimum absolute atomic E-state index is 0.525. The van der Waals surface area contributed by atoms with Gasteiger partial charge in [0.15, 0.2) is 5.82 Å². The number of hydrogen-bond donors (Lipinski definition) is 1. The van der Waals surface area contributed by atoms with E-state index in [1.807, 2.05) is 24.4 Å². The Bertz CT molecular complexity index is 513. The van der Waals surface area contributed by atoms with Crippen molar-refractivity contribution in [3.8, 4) is 0 Å². The molecule has 0 atom stereocenters. The van der Waals surface area contributed by atoms with E-state index >= 15 is 0 Å². The summed E-state index contributed by atoms with van der Waals surface area (Å²) < 4.78 is 2.08. The lowest BCUT2D eigenvalue weighted by Gasteiger charge is -2.16. The van der Waals surface area contributed by atoms with Gasteiger partial charge in [0.25, 0.3) is 0 Å². The van der Waals surface area contributed by atoms with Crippen molar-refractivity contribution in [1.29, 1.82) is 0 Å². The standard InChI is InChI=1S/C12H16N4/c1-15(9-5-6-9)12-10(8-13)16-7-3-2-4-11(16)14-12/h2-4,7,9H,5-6,8,13H2,1H3. The first-order chi connectivity index (χ1) is 7.81. The highest BCUT2D eigenvalue weighted by Gasteiger charge is 2.29. The molecule has 2 aromatic heterocycles. The fourth-order valence-corrected chi connectivity index (χ4v) is 2.14. The van der Waals surface area contributed by atoms with Crippen molar-refractivity contribution in [2.45, 2.75) is 25.4 Å². The molecule has 1 aliphatic rings. The van der Waals surface area contributed by atoms with Gasteiger partial charge in [-0.1, -0.05) is 6.07 Å². The Morgan fingerprint density at radius 1 is 1.50 bits per heavy atom. The van der Waals surface area contributed by atoms with Crippen molar-refractivity contribution in [3.63, 3.8) is 0 Å². The van der Waals surface area contributed by atoms with E-state index < -0.39 is 0 Å². The van der Waals surface area contributed by atoms with Gasteiger partial charge < -0.3 is 15.0 Å². The first-order valence-electron chi connectivity index (χ1n) is 5.70. The van der Waals surface area contributed by atoms with Crippen LogP contribution >= 0.6 is 0 Å². The highest BCUT2D eigenvalue weighted by atomic mass is 15.3. The lowest BCUT2D eigenvalue weighted by molar-refractivity contribution is 0.869. The summed E-state index contributed by atoms with van der Waals surface area (Å²) in [6, 6.07) is 6.69. The zero-order valence-corrected chi connectivity index (χ0v) is 9.43. The highest BCUT2D eigenvalue weighted by molar-refractivity contribution is 5.56. The number of imidazole rings is 1. The Kier molecular flexibility index (Phi) is 2.11. The molecule has 1 fully saturated rings. The number of pyridine rings is 1. The lowest BCUT2D eigenvalue weighted by atomic mass is 10.4. The average Bonchev–Trinajstić information content (AvgIpc) is 3.08. The Morgan fingerprint density at radius 3 is 3.00 bits per heavy atom. The summed E-state index contributed by atoms with van der Waals surface area (Å²) in [6.07, 6.45) is 4.57. The van der Waals surface area contributed by atoms with Crippen LogP contribution in [-0.4, -0.2) is 22.5 Å². The first kappa shape index (κ1) is 9.66. The van der Waals surface area contributed by atoms with Gasteiger partial charge in [-0.3, -0.25) is 0 Å². The van der Waals surface area contributed by atoms with Crippen molar-refractivity contribution in [2.24, 2.45) is 5.73 Å². The van der Waals surface area contributed by atoms with Crippen LogP contribution in [0.5, 0.6) is 0 Å². The molecule has 0 unspecified atom stereocenters. The van der Waals surface area contributed by atoms with Crippen molar-refractivity contribution >= 4 is 11.5 Å². The summed E-state index contributed by atoms with van der Waals surface area (Å²) in [6.45, 7) is 0.525. The van der Waals surface area contributed by atoms with Gasteiger partial charge in [-0.15, -0.1) is 0 Å². The zero-order chi connectivity index (χ0) is 11.1. The van der Waals surface area contributed by atoms with Crippen LogP contribution in [0.4, 0.5) is 5.82 Å². The van der Waals surface area contributed by atoms with E-state index in [9.17, 15) is 0 Å². The molecule has 0 spiro atoms. The molecule has 0 amide bonds. The molecular formula is C12H16N4. The third kappa shape index (κ3) is 1.38. The van der Waals surface area contributed by atoms with Crippen LogP contribution in [0.25, 0.3) is 5.65 Å². The van der Waals surface area contributed by atoms with Gasteiger partial charge in [-0.05, 0) is 25.0 Å². The van der Waals surface area contributed by atoms with Gasteiger partial charge in [0.05, 0.1) is 5.69 Å². The monoisotopic (exact) mass is 216 g/mol. The second-order valence-corrected chi connectivity index (χ2v) is 4.36. The van der Waals surface area contributed by atoms with Crippen LogP contribution in [0.15, 0.2) is 24.4 Å². The smallest absolute Gasteiger partial charge is 0.152 e. The molecule has 0 aliphatic heterocycles. The van der Waals surface area contributed by atoms with E-state index in [4.69, 9.17) is 5.73 Å². The second kappa shape index (κ2) is 3.49. The number of anilines is 1. The van der Waals surface area contributed by atoms with Crippen LogP contribution in [0, 0.1) is 0 Å². The Labute approximate surface area is 94.7 Å². The van der Waals surface area contributed by atoms with Gasteiger partial charge in [0.1, 0.15) is 5.65 Å². The van der Waals surface area contributed by atoms with Crippen molar-refractivity contribution in [2.75, 3.05) is 11.9 Å². The predicted molar refractivity (Wildman–Crippen MR) is 64.5 cm³/mol. The maximum absolute atomic E-state index is 5.83. The first-order valence-corrected chi connectivity index (χ1v) is 5.70. The molecule has 0 saturated heterocycles. The number of aromatic nitrogens is 2. The fourth-order valence-electron chi connectivity index (χ4n) is 2.14. The minimum Gasteiger partial charge on any atom is -0.355 e. The molecule has 2 N–H and O–H groups in total. The van der Waals surface area contributed by atoms with E-state index in [0.29, 0.717) is 12.6 Å². The van der Waals surface area contributed by atoms with Crippen LogP contribution in [0.3, 0.4) is 0 Å². The average molecular weight is 216 g/mol. The molecule has 4 nitrogen and oxygen atoms in total. The maximum atomic E-state index is 5.83. The van der Waals surface area contributed by atoms with Gasteiger partial charge in [0, 0.05) is 25.8 Å². The molecule has 16 heavy (non-hydrogen) atoms. The summed E-state index contributed by atoms with van der Waals surface area (Å²) in [4.78, 5) is 6.91. The maximum Gasteiger partial charge on any atom is 0.152 e. The van der Waals surface area contributed by atoms with E-state index in [0.717, 1.165) is 17.2 Å². The van der Waals surface area contributed by atoms with Crippen LogP contribution in [0.1, 0.15) is 18.5 Å². The van der Waals surface area contributed by atoms with Gasteiger partial charge in [-0.25, -0.2) is 4.98 Å². The highest BCUT2D eigenvalue weighted by Crippen LogP contribution is 2.31. The molecule has 0 radical (unpaired) electrons. The van der Waals surface area contributed by atoms with Crippen LogP contribution < -0.4 is 10.6 Å². The molecule has 1 aliphatic carbocycles. The van der Waals surface area contributed by atoms with Gasteiger partial charge in [-0.2, -0.15) is 0 Å². The van der Waals surface area contributed by atoms with Crippen molar-refractivity contribution in [3.05, 3.63) is 30.1 Å². The second-order valence-electron chi connectivity index (χ2n) is 4.36. The summed E-state index contributed by atoms with van der Waals surface area (Å²) >= 11 is 0. The topological polar surface area (TPSA) is 46.6 Å². The molecule has 2 heterocycles.